The first-order chi connectivity index (χ1) is 22.7. The normalized spacial score (nSPS) is 16.3. The number of anilines is 2. The van der Waals surface area contributed by atoms with Gasteiger partial charge in [-0.1, -0.05) is 71.9 Å². The summed E-state index contributed by atoms with van der Waals surface area (Å²) in [5, 5.41) is 4.07. The molecule has 2 saturated heterocycles. The number of benzene rings is 3. The summed E-state index contributed by atoms with van der Waals surface area (Å²) in [6.07, 6.45) is -2.51. The van der Waals surface area contributed by atoms with Gasteiger partial charge in [0.25, 0.3) is 5.91 Å². The van der Waals surface area contributed by atoms with Crippen LogP contribution in [0.4, 0.5) is 24.7 Å². The Labute approximate surface area is 282 Å². The van der Waals surface area contributed by atoms with Crippen LogP contribution in [-0.4, -0.2) is 66.1 Å². The van der Waals surface area contributed by atoms with E-state index in [0.717, 1.165) is 44.1 Å². The van der Waals surface area contributed by atoms with Crippen molar-refractivity contribution in [1.29, 1.82) is 0 Å². The van der Waals surface area contributed by atoms with E-state index < -0.39 is 11.7 Å². The second kappa shape index (κ2) is 15.0. The van der Waals surface area contributed by atoms with Crippen LogP contribution in [0, 0.1) is 0 Å². The van der Waals surface area contributed by atoms with Gasteiger partial charge in [-0.15, -0.1) is 0 Å². The molecule has 1 N–H and O–H groups in total. The summed E-state index contributed by atoms with van der Waals surface area (Å²) in [5.74, 6) is 1.24. The van der Waals surface area contributed by atoms with Crippen LogP contribution in [0.25, 0.3) is 0 Å². The fourth-order valence-corrected chi connectivity index (χ4v) is 6.97. The van der Waals surface area contributed by atoms with Crippen LogP contribution in [0.2, 0.25) is 5.15 Å². The second-order valence-electron chi connectivity index (χ2n) is 11.8. The Morgan fingerprint density at radius 2 is 1.53 bits per heavy atom. The number of piperidine rings is 1. The van der Waals surface area contributed by atoms with Gasteiger partial charge in [0.15, 0.2) is 5.16 Å². The number of carbonyl (C=O) groups is 1. The molecule has 4 aromatic rings. The van der Waals surface area contributed by atoms with E-state index in [9.17, 15) is 18.0 Å². The molecule has 2 aliphatic rings. The number of amides is 1. The van der Waals surface area contributed by atoms with E-state index in [1.54, 1.807) is 12.1 Å². The van der Waals surface area contributed by atoms with Crippen LogP contribution >= 0.6 is 23.4 Å². The molecule has 246 valence electrons. The van der Waals surface area contributed by atoms with Crippen molar-refractivity contribution in [2.45, 2.75) is 42.5 Å². The van der Waals surface area contributed by atoms with E-state index >= 15 is 0 Å². The molecule has 0 radical (unpaired) electrons. The fraction of sp³-hybridized carbons (Fsp3) is 0.343. The monoisotopic (exact) mass is 680 g/mol. The summed E-state index contributed by atoms with van der Waals surface area (Å²) in [6.45, 7) is 5.14. The Bertz CT molecular complexity index is 1640. The zero-order chi connectivity index (χ0) is 32.8. The van der Waals surface area contributed by atoms with Crippen LogP contribution in [0.3, 0.4) is 0 Å². The number of piperazine rings is 1. The van der Waals surface area contributed by atoms with E-state index in [-0.39, 0.29) is 11.9 Å². The highest BCUT2D eigenvalue weighted by molar-refractivity contribution is 7.98. The number of carbonyl (C=O) groups excluding carboxylic acids is 1. The molecule has 12 heteroatoms. The highest BCUT2D eigenvalue weighted by atomic mass is 35.5. The molecule has 1 amide bonds. The van der Waals surface area contributed by atoms with Gasteiger partial charge >= 0.3 is 6.18 Å². The van der Waals surface area contributed by atoms with Gasteiger partial charge in [-0.3, -0.25) is 9.69 Å². The third-order valence-corrected chi connectivity index (χ3v) is 9.67. The molecule has 0 unspecified atom stereocenters. The minimum atomic E-state index is -4.37. The first kappa shape index (κ1) is 33.1. The molecule has 6 rings (SSSR count). The molecule has 3 heterocycles. The number of hydrogen-bond acceptors (Lipinski definition) is 7. The Morgan fingerprint density at radius 1 is 0.830 bits per heavy atom. The highest BCUT2D eigenvalue weighted by Crippen LogP contribution is 2.32. The average molecular weight is 681 g/mol. The lowest BCUT2D eigenvalue weighted by molar-refractivity contribution is -0.137. The lowest BCUT2D eigenvalue weighted by atomic mass is 10.0. The highest BCUT2D eigenvalue weighted by Gasteiger charge is 2.31. The first-order valence-electron chi connectivity index (χ1n) is 15.7. The third-order valence-electron chi connectivity index (χ3n) is 8.56. The maximum atomic E-state index is 13.2. The molecule has 0 saturated carbocycles. The molecule has 2 aliphatic heterocycles. The van der Waals surface area contributed by atoms with Crippen molar-refractivity contribution >= 4 is 40.8 Å². The lowest BCUT2D eigenvalue weighted by Crippen LogP contribution is -2.47. The number of aromatic nitrogens is 2. The van der Waals surface area contributed by atoms with E-state index in [1.807, 2.05) is 35.2 Å². The zero-order valence-electron chi connectivity index (χ0n) is 25.8. The number of hydrogen-bond donors (Lipinski definition) is 1. The van der Waals surface area contributed by atoms with Gasteiger partial charge in [-0.2, -0.15) is 13.2 Å². The number of thioether (sulfide) groups is 1. The quantitative estimate of drug-likeness (QED) is 0.114. The third kappa shape index (κ3) is 8.97. The summed E-state index contributed by atoms with van der Waals surface area (Å²) in [5.41, 5.74) is 2.88. The minimum Gasteiger partial charge on any atom is -0.368 e. The molecule has 7 nitrogen and oxygen atoms in total. The van der Waals surface area contributed by atoms with Gasteiger partial charge in [-0.05, 0) is 54.3 Å². The predicted octanol–water partition coefficient (Wildman–Crippen LogP) is 7.16. The van der Waals surface area contributed by atoms with Crippen LogP contribution in [0.1, 0.15) is 39.9 Å². The van der Waals surface area contributed by atoms with Crippen LogP contribution < -0.4 is 15.1 Å². The molecular formula is C35H36ClF3N6OS. The number of alkyl halides is 3. The van der Waals surface area contributed by atoms with Gasteiger partial charge in [0.1, 0.15) is 11.0 Å². The van der Waals surface area contributed by atoms with Gasteiger partial charge in [0.2, 0.25) is 0 Å². The second-order valence-corrected chi connectivity index (χ2v) is 13.2. The van der Waals surface area contributed by atoms with Crippen molar-refractivity contribution in [3.63, 3.8) is 0 Å². The molecule has 0 aliphatic carbocycles. The summed E-state index contributed by atoms with van der Waals surface area (Å²) in [7, 11) is 0. The Morgan fingerprint density at radius 3 is 2.23 bits per heavy atom. The predicted molar refractivity (Wildman–Crippen MR) is 181 cm³/mol. The van der Waals surface area contributed by atoms with Crippen LogP contribution in [-0.2, 0) is 18.5 Å². The number of likely N-dealkylation sites (tertiary alicyclic amines) is 1. The van der Waals surface area contributed by atoms with Crippen molar-refractivity contribution in [3.05, 3.63) is 112 Å². The summed E-state index contributed by atoms with van der Waals surface area (Å²) in [4.78, 5) is 28.5. The van der Waals surface area contributed by atoms with Crippen molar-refractivity contribution < 1.29 is 18.0 Å². The molecule has 0 spiro atoms. The molecular weight excluding hydrogens is 645 g/mol. The largest absolute Gasteiger partial charge is 0.416 e. The maximum absolute atomic E-state index is 13.2. The number of nitrogens with zero attached hydrogens (tertiary/aromatic N) is 5. The van der Waals surface area contributed by atoms with E-state index in [2.05, 4.69) is 44.4 Å². The summed E-state index contributed by atoms with van der Waals surface area (Å²) >= 11 is 7.82. The first-order valence-corrected chi connectivity index (χ1v) is 17.1. The van der Waals surface area contributed by atoms with Gasteiger partial charge < -0.3 is 15.1 Å². The molecule has 1 aromatic heterocycles. The Kier molecular flexibility index (Phi) is 10.5. The van der Waals surface area contributed by atoms with Crippen LogP contribution in [0.15, 0.2) is 90.1 Å². The Balaban J connectivity index is 0.972. The van der Waals surface area contributed by atoms with Crippen molar-refractivity contribution in [3.8, 4) is 0 Å². The Hall–Kier alpha value is -3.80. The molecule has 2 fully saturated rings. The molecule has 0 bridgehead atoms. The van der Waals surface area contributed by atoms with Crippen LogP contribution in [0.5, 0.6) is 0 Å². The number of nitrogens with one attached hydrogen (secondary N) is 1. The molecule has 3 aromatic carbocycles. The molecule has 47 heavy (non-hydrogen) atoms. The standard InChI is InChI=1S/C35H36ClF3N6OS/c36-31-22-32(45-19-17-44(18-20-45)30-8-4-7-28(21-30)35(37,38)39)42-34(41-31)47-24-26-9-11-27(12-10-26)33(46)40-29-13-15-43(16-14-29)23-25-5-2-1-3-6-25/h1-12,21-22,29H,13-20,23-24H2,(H,40,46). The fourth-order valence-electron chi connectivity index (χ4n) is 5.93. The van der Waals surface area contributed by atoms with Gasteiger partial charge in [-0.25, -0.2) is 9.97 Å². The zero-order valence-corrected chi connectivity index (χ0v) is 27.4. The SMILES string of the molecule is O=C(NC1CCN(Cc2ccccc2)CC1)c1ccc(CSc2nc(Cl)cc(N3CCN(c4cccc(C(F)(F)F)c4)CC3)n2)cc1. The minimum absolute atomic E-state index is 0.0540. The van der Waals surface area contributed by atoms with Crippen molar-refractivity contribution in [2.24, 2.45) is 0 Å². The molecule has 0 atom stereocenters. The maximum Gasteiger partial charge on any atom is 0.416 e. The topological polar surface area (TPSA) is 64.6 Å². The number of halogens is 4. The van der Waals surface area contributed by atoms with Gasteiger partial charge in [0.05, 0.1) is 5.56 Å². The smallest absolute Gasteiger partial charge is 0.368 e. The summed E-state index contributed by atoms with van der Waals surface area (Å²) < 4.78 is 39.5. The van der Waals surface area contributed by atoms with Gasteiger partial charge in [0, 0.05) is 74.9 Å². The lowest BCUT2D eigenvalue weighted by Gasteiger charge is -2.37. The van der Waals surface area contributed by atoms with Crippen molar-refractivity contribution in [2.75, 3.05) is 49.1 Å². The van der Waals surface area contributed by atoms with E-state index in [1.165, 1.54) is 29.5 Å². The van der Waals surface area contributed by atoms with E-state index in [4.69, 9.17) is 16.6 Å². The van der Waals surface area contributed by atoms with E-state index in [0.29, 0.717) is 59.3 Å². The number of rotatable bonds is 9. The van der Waals surface area contributed by atoms with Crippen molar-refractivity contribution in [1.82, 2.24) is 20.2 Å². The summed E-state index contributed by atoms with van der Waals surface area (Å²) in [6, 6.07) is 25.4. The average Bonchev–Trinajstić information content (AvgIpc) is 3.08.